The van der Waals surface area contributed by atoms with Crippen molar-refractivity contribution in [2.75, 3.05) is 52.0 Å². The van der Waals surface area contributed by atoms with Gasteiger partial charge in [0.05, 0.1) is 23.9 Å². The standard InChI is InChI=1S/C16H25ClN2O2/c1-20-8-6-18-10-13-3-4-16(15(17)9-13)19-7-5-14(11-19)12-21-2/h3-4,9,14,18H,5-8,10-12H2,1-2H3. The first-order valence-electron chi connectivity index (χ1n) is 7.46. The van der Waals surface area contributed by atoms with E-state index in [2.05, 4.69) is 28.4 Å². The quantitative estimate of drug-likeness (QED) is 0.748. The molecule has 0 spiro atoms. The SMILES string of the molecule is COCCNCc1ccc(N2CCC(COC)C2)c(Cl)c1. The van der Waals surface area contributed by atoms with E-state index < -0.39 is 0 Å². The summed E-state index contributed by atoms with van der Waals surface area (Å²) in [5.41, 5.74) is 2.34. The normalized spacial score (nSPS) is 18.4. The summed E-state index contributed by atoms with van der Waals surface area (Å²) in [5.74, 6) is 0.612. The second kappa shape index (κ2) is 8.59. The molecule has 1 heterocycles. The highest BCUT2D eigenvalue weighted by Crippen LogP contribution is 2.31. The smallest absolute Gasteiger partial charge is 0.0642 e. The molecule has 0 aromatic heterocycles. The van der Waals surface area contributed by atoms with Crippen LogP contribution in [0.1, 0.15) is 12.0 Å². The molecule has 1 aliphatic rings. The maximum absolute atomic E-state index is 6.45. The summed E-state index contributed by atoms with van der Waals surface area (Å²) in [5, 5.41) is 4.16. The Hall–Kier alpha value is -0.810. The number of methoxy groups -OCH3 is 2. The number of ether oxygens (including phenoxy) is 2. The molecule has 1 fully saturated rings. The Morgan fingerprint density at radius 3 is 2.90 bits per heavy atom. The molecule has 2 rings (SSSR count). The summed E-state index contributed by atoms with van der Waals surface area (Å²) in [6, 6.07) is 6.33. The number of anilines is 1. The van der Waals surface area contributed by atoms with Crippen molar-refractivity contribution in [3.05, 3.63) is 28.8 Å². The molecule has 118 valence electrons. The fourth-order valence-corrected chi connectivity index (χ4v) is 3.07. The summed E-state index contributed by atoms with van der Waals surface area (Å²) in [6.45, 7) is 5.30. The summed E-state index contributed by atoms with van der Waals surface area (Å²) in [6.07, 6.45) is 1.17. The van der Waals surface area contributed by atoms with Crippen LogP contribution in [-0.4, -0.2) is 47.1 Å². The van der Waals surface area contributed by atoms with Gasteiger partial charge in [-0.2, -0.15) is 0 Å². The topological polar surface area (TPSA) is 33.7 Å². The zero-order chi connectivity index (χ0) is 15.1. The summed E-state index contributed by atoms with van der Waals surface area (Å²) in [4.78, 5) is 2.36. The molecular formula is C16H25ClN2O2. The van der Waals surface area contributed by atoms with Gasteiger partial charge in [0.2, 0.25) is 0 Å². The number of hydrogen-bond acceptors (Lipinski definition) is 4. The van der Waals surface area contributed by atoms with E-state index in [4.69, 9.17) is 21.1 Å². The largest absolute Gasteiger partial charge is 0.384 e. The minimum atomic E-state index is 0.612. The van der Waals surface area contributed by atoms with Crippen LogP contribution >= 0.6 is 11.6 Å². The van der Waals surface area contributed by atoms with Gasteiger partial charge in [-0.3, -0.25) is 0 Å². The molecule has 1 N–H and O–H groups in total. The highest BCUT2D eigenvalue weighted by molar-refractivity contribution is 6.33. The van der Waals surface area contributed by atoms with Crippen molar-refractivity contribution in [1.29, 1.82) is 0 Å². The third kappa shape index (κ3) is 4.85. The van der Waals surface area contributed by atoms with Gasteiger partial charge in [-0.15, -0.1) is 0 Å². The van der Waals surface area contributed by atoms with Gasteiger partial charge < -0.3 is 19.7 Å². The fraction of sp³-hybridized carbons (Fsp3) is 0.625. The number of rotatable bonds is 8. The predicted octanol–water partition coefficient (Wildman–Crippen LogP) is 2.55. The highest BCUT2D eigenvalue weighted by atomic mass is 35.5. The van der Waals surface area contributed by atoms with Crippen LogP contribution in [0, 0.1) is 5.92 Å². The molecule has 0 saturated carbocycles. The average Bonchev–Trinajstić information content (AvgIpc) is 2.92. The van der Waals surface area contributed by atoms with Crippen molar-refractivity contribution in [3.8, 4) is 0 Å². The number of halogens is 1. The summed E-state index contributed by atoms with van der Waals surface area (Å²) < 4.78 is 10.3. The molecule has 0 amide bonds. The van der Waals surface area contributed by atoms with Crippen molar-refractivity contribution >= 4 is 17.3 Å². The molecular weight excluding hydrogens is 288 g/mol. The molecule has 1 aliphatic heterocycles. The molecule has 0 bridgehead atoms. The van der Waals surface area contributed by atoms with Gasteiger partial charge in [-0.25, -0.2) is 0 Å². The van der Waals surface area contributed by atoms with E-state index in [-0.39, 0.29) is 0 Å². The van der Waals surface area contributed by atoms with Crippen molar-refractivity contribution in [3.63, 3.8) is 0 Å². The molecule has 21 heavy (non-hydrogen) atoms. The van der Waals surface area contributed by atoms with E-state index in [9.17, 15) is 0 Å². The molecule has 1 aromatic rings. The van der Waals surface area contributed by atoms with Crippen LogP contribution in [0.4, 0.5) is 5.69 Å². The van der Waals surface area contributed by atoms with Gasteiger partial charge in [-0.1, -0.05) is 17.7 Å². The first kappa shape index (κ1) is 16.6. The Bertz CT molecular complexity index is 442. The lowest BCUT2D eigenvalue weighted by Gasteiger charge is -2.20. The first-order valence-corrected chi connectivity index (χ1v) is 7.84. The van der Waals surface area contributed by atoms with Crippen LogP contribution in [0.2, 0.25) is 5.02 Å². The number of nitrogens with zero attached hydrogens (tertiary/aromatic N) is 1. The van der Waals surface area contributed by atoms with Crippen LogP contribution in [0.5, 0.6) is 0 Å². The number of nitrogens with one attached hydrogen (secondary N) is 1. The van der Waals surface area contributed by atoms with Crippen LogP contribution in [0.3, 0.4) is 0 Å². The first-order chi connectivity index (χ1) is 10.2. The fourth-order valence-electron chi connectivity index (χ4n) is 2.75. The van der Waals surface area contributed by atoms with E-state index >= 15 is 0 Å². The lowest BCUT2D eigenvalue weighted by Crippen LogP contribution is -2.21. The molecule has 1 unspecified atom stereocenters. The zero-order valence-electron chi connectivity index (χ0n) is 12.9. The maximum Gasteiger partial charge on any atom is 0.0642 e. The lowest BCUT2D eigenvalue weighted by atomic mass is 10.1. The van der Waals surface area contributed by atoms with E-state index in [0.717, 1.165) is 50.1 Å². The molecule has 0 aliphatic carbocycles. The summed E-state index contributed by atoms with van der Waals surface area (Å²) in [7, 11) is 3.47. The Kier molecular flexibility index (Phi) is 6.77. The van der Waals surface area contributed by atoms with Crippen LogP contribution in [0.15, 0.2) is 18.2 Å². The molecule has 1 aromatic carbocycles. The van der Waals surface area contributed by atoms with Crippen molar-refractivity contribution < 1.29 is 9.47 Å². The van der Waals surface area contributed by atoms with Crippen LogP contribution in [-0.2, 0) is 16.0 Å². The summed E-state index contributed by atoms with van der Waals surface area (Å²) >= 11 is 6.45. The third-order valence-electron chi connectivity index (χ3n) is 3.85. The predicted molar refractivity (Wildman–Crippen MR) is 87.2 cm³/mol. The minimum absolute atomic E-state index is 0.612. The van der Waals surface area contributed by atoms with Crippen molar-refractivity contribution in [1.82, 2.24) is 5.32 Å². The van der Waals surface area contributed by atoms with Gasteiger partial charge in [0.15, 0.2) is 0 Å². The van der Waals surface area contributed by atoms with Crippen LogP contribution in [0.25, 0.3) is 0 Å². The average molecular weight is 313 g/mol. The molecule has 1 saturated heterocycles. The Morgan fingerprint density at radius 2 is 2.19 bits per heavy atom. The van der Waals surface area contributed by atoms with E-state index in [1.807, 2.05) is 0 Å². The number of benzene rings is 1. The Labute approximate surface area is 132 Å². The van der Waals surface area contributed by atoms with Gasteiger partial charge in [0.25, 0.3) is 0 Å². The highest BCUT2D eigenvalue weighted by Gasteiger charge is 2.23. The maximum atomic E-state index is 6.45. The molecule has 0 radical (unpaired) electrons. The monoisotopic (exact) mass is 312 g/mol. The van der Waals surface area contributed by atoms with Gasteiger partial charge in [-0.05, 0) is 24.1 Å². The van der Waals surface area contributed by atoms with E-state index in [1.54, 1.807) is 14.2 Å². The van der Waals surface area contributed by atoms with Gasteiger partial charge >= 0.3 is 0 Å². The van der Waals surface area contributed by atoms with Gasteiger partial charge in [0.1, 0.15) is 0 Å². The second-order valence-electron chi connectivity index (χ2n) is 5.51. The van der Waals surface area contributed by atoms with E-state index in [1.165, 1.54) is 12.0 Å². The van der Waals surface area contributed by atoms with Gasteiger partial charge in [0, 0.05) is 46.3 Å². The molecule has 1 atom stereocenters. The minimum Gasteiger partial charge on any atom is -0.384 e. The Balaban J connectivity index is 1.90. The third-order valence-corrected chi connectivity index (χ3v) is 4.16. The van der Waals surface area contributed by atoms with Crippen LogP contribution < -0.4 is 10.2 Å². The molecule has 4 nitrogen and oxygen atoms in total. The Morgan fingerprint density at radius 1 is 1.33 bits per heavy atom. The second-order valence-corrected chi connectivity index (χ2v) is 5.92. The molecule has 5 heteroatoms. The number of hydrogen-bond donors (Lipinski definition) is 1. The van der Waals surface area contributed by atoms with Crippen molar-refractivity contribution in [2.24, 2.45) is 5.92 Å². The van der Waals surface area contributed by atoms with E-state index in [0.29, 0.717) is 5.92 Å². The lowest BCUT2D eigenvalue weighted by molar-refractivity contribution is 0.161. The zero-order valence-corrected chi connectivity index (χ0v) is 13.7. The van der Waals surface area contributed by atoms with Crippen molar-refractivity contribution in [2.45, 2.75) is 13.0 Å².